The quantitative estimate of drug-likeness (QED) is 0.856. The molecule has 0 atom stereocenters. The molecule has 0 aliphatic rings. The topological polar surface area (TPSA) is 49.8 Å². The van der Waals surface area contributed by atoms with Crippen LogP contribution in [0.5, 0.6) is 0 Å². The molecule has 0 bridgehead atoms. The minimum atomic E-state index is -4.27. The van der Waals surface area contributed by atoms with Crippen molar-refractivity contribution in [2.75, 3.05) is 23.7 Å². The molecule has 18 heavy (non-hydrogen) atoms. The van der Waals surface area contributed by atoms with E-state index in [1.807, 2.05) is 20.8 Å². The Morgan fingerprint density at radius 3 is 2.17 bits per heavy atom. The molecule has 0 unspecified atom stereocenters. The van der Waals surface area contributed by atoms with Gasteiger partial charge < -0.3 is 10.6 Å². The number of rotatable bonds is 5. The minimum Gasteiger partial charge on any atom is -0.370 e. The Morgan fingerprint density at radius 2 is 1.72 bits per heavy atom. The van der Waals surface area contributed by atoms with Gasteiger partial charge in [-0.15, -0.1) is 0 Å². The standard InChI is InChI=1S/C11H17F3N4/c1-4-15-9-8(7(2)3)10(18-6-17-9)16-5-11(12,13)14/h6-7H,4-5H2,1-3H3,(H2,15,16,17,18). The summed E-state index contributed by atoms with van der Waals surface area (Å²) in [6, 6.07) is 0. The number of halogens is 3. The zero-order valence-corrected chi connectivity index (χ0v) is 10.6. The highest BCUT2D eigenvalue weighted by Crippen LogP contribution is 2.29. The van der Waals surface area contributed by atoms with E-state index in [0.29, 0.717) is 17.9 Å². The highest BCUT2D eigenvalue weighted by atomic mass is 19.4. The van der Waals surface area contributed by atoms with E-state index < -0.39 is 12.7 Å². The molecule has 0 aromatic carbocycles. The molecule has 1 aromatic heterocycles. The van der Waals surface area contributed by atoms with Crippen molar-refractivity contribution in [2.24, 2.45) is 0 Å². The number of nitrogens with one attached hydrogen (secondary N) is 2. The second-order valence-electron chi connectivity index (χ2n) is 4.14. The van der Waals surface area contributed by atoms with Crippen molar-refractivity contribution < 1.29 is 13.2 Å². The molecule has 2 N–H and O–H groups in total. The van der Waals surface area contributed by atoms with Gasteiger partial charge in [0.2, 0.25) is 0 Å². The van der Waals surface area contributed by atoms with Crippen molar-refractivity contribution in [3.63, 3.8) is 0 Å². The molecule has 4 nitrogen and oxygen atoms in total. The second kappa shape index (κ2) is 5.88. The summed E-state index contributed by atoms with van der Waals surface area (Å²) in [5.41, 5.74) is 0.670. The Bertz CT molecular complexity index is 390. The fourth-order valence-electron chi connectivity index (χ4n) is 1.58. The van der Waals surface area contributed by atoms with Gasteiger partial charge in [-0.1, -0.05) is 13.8 Å². The Hall–Kier alpha value is -1.53. The molecule has 7 heteroatoms. The zero-order valence-electron chi connectivity index (χ0n) is 10.6. The van der Waals surface area contributed by atoms with Crippen molar-refractivity contribution in [3.8, 4) is 0 Å². The maximum atomic E-state index is 12.2. The first-order valence-corrected chi connectivity index (χ1v) is 5.74. The molecule has 1 rings (SSSR count). The average Bonchev–Trinajstić information content (AvgIpc) is 2.25. The lowest BCUT2D eigenvalue weighted by molar-refractivity contribution is -0.115. The van der Waals surface area contributed by atoms with E-state index in [2.05, 4.69) is 20.6 Å². The molecular formula is C11H17F3N4. The van der Waals surface area contributed by atoms with Crippen LogP contribution in [-0.4, -0.2) is 29.2 Å². The van der Waals surface area contributed by atoms with Gasteiger partial charge in [-0.05, 0) is 12.8 Å². The van der Waals surface area contributed by atoms with Gasteiger partial charge in [-0.3, -0.25) is 0 Å². The smallest absolute Gasteiger partial charge is 0.370 e. The number of nitrogens with zero attached hydrogens (tertiary/aromatic N) is 2. The van der Waals surface area contributed by atoms with Crippen LogP contribution in [0.15, 0.2) is 6.33 Å². The molecule has 0 saturated heterocycles. The van der Waals surface area contributed by atoms with Crippen LogP contribution >= 0.6 is 0 Å². The number of alkyl halides is 3. The van der Waals surface area contributed by atoms with Crippen LogP contribution in [0.25, 0.3) is 0 Å². The molecule has 1 heterocycles. The summed E-state index contributed by atoms with van der Waals surface area (Å²) in [5.74, 6) is 0.830. The van der Waals surface area contributed by atoms with Gasteiger partial charge in [-0.2, -0.15) is 13.2 Å². The molecule has 0 aliphatic heterocycles. The van der Waals surface area contributed by atoms with Crippen molar-refractivity contribution in [2.45, 2.75) is 32.9 Å². The van der Waals surface area contributed by atoms with Crippen LogP contribution in [0.1, 0.15) is 32.3 Å². The monoisotopic (exact) mass is 262 g/mol. The van der Waals surface area contributed by atoms with Gasteiger partial charge in [0.25, 0.3) is 0 Å². The van der Waals surface area contributed by atoms with Crippen LogP contribution in [0.4, 0.5) is 24.8 Å². The molecular weight excluding hydrogens is 245 g/mol. The average molecular weight is 262 g/mol. The first-order chi connectivity index (χ1) is 8.35. The maximum Gasteiger partial charge on any atom is 0.405 e. The van der Waals surface area contributed by atoms with Gasteiger partial charge in [0.15, 0.2) is 0 Å². The SMILES string of the molecule is CCNc1ncnc(NCC(F)(F)F)c1C(C)C. The molecule has 102 valence electrons. The molecule has 0 radical (unpaired) electrons. The van der Waals surface area contributed by atoms with Crippen LogP contribution in [0.2, 0.25) is 0 Å². The number of aromatic nitrogens is 2. The van der Waals surface area contributed by atoms with E-state index in [1.165, 1.54) is 6.33 Å². The summed E-state index contributed by atoms with van der Waals surface area (Å²) in [5, 5.41) is 5.34. The van der Waals surface area contributed by atoms with Crippen molar-refractivity contribution in [3.05, 3.63) is 11.9 Å². The summed E-state index contributed by atoms with van der Waals surface area (Å²) in [6.07, 6.45) is -3.01. The summed E-state index contributed by atoms with van der Waals surface area (Å²) in [4.78, 5) is 7.93. The van der Waals surface area contributed by atoms with Gasteiger partial charge in [0.05, 0.1) is 0 Å². The first-order valence-electron chi connectivity index (χ1n) is 5.74. The Morgan fingerprint density at radius 1 is 1.17 bits per heavy atom. The van der Waals surface area contributed by atoms with Gasteiger partial charge in [0.1, 0.15) is 24.5 Å². The largest absolute Gasteiger partial charge is 0.405 e. The number of hydrogen-bond donors (Lipinski definition) is 2. The first kappa shape index (κ1) is 14.5. The molecule has 1 aromatic rings. The van der Waals surface area contributed by atoms with Gasteiger partial charge >= 0.3 is 6.18 Å². The molecule has 0 spiro atoms. The van der Waals surface area contributed by atoms with E-state index in [-0.39, 0.29) is 11.7 Å². The second-order valence-corrected chi connectivity index (χ2v) is 4.14. The predicted octanol–water partition coefficient (Wildman–Crippen LogP) is 3.01. The molecule has 0 fully saturated rings. The van der Waals surface area contributed by atoms with Crippen molar-refractivity contribution >= 4 is 11.6 Å². The van der Waals surface area contributed by atoms with E-state index in [1.54, 1.807) is 0 Å². The lowest BCUT2D eigenvalue weighted by Crippen LogP contribution is -2.23. The summed E-state index contributed by atoms with van der Waals surface area (Å²) in [7, 11) is 0. The predicted molar refractivity (Wildman–Crippen MR) is 64.8 cm³/mol. The molecule has 0 amide bonds. The van der Waals surface area contributed by atoms with Crippen LogP contribution in [0, 0.1) is 0 Å². The fraction of sp³-hybridized carbons (Fsp3) is 0.636. The van der Waals surface area contributed by atoms with Crippen LogP contribution < -0.4 is 10.6 Å². The van der Waals surface area contributed by atoms with Gasteiger partial charge in [0, 0.05) is 12.1 Å². The van der Waals surface area contributed by atoms with E-state index in [9.17, 15) is 13.2 Å². The zero-order chi connectivity index (χ0) is 13.8. The molecule has 0 saturated carbocycles. The fourth-order valence-corrected chi connectivity index (χ4v) is 1.58. The third-order valence-electron chi connectivity index (χ3n) is 2.26. The number of hydrogen-bond acceptors (Lipinski definition) is 4. The number of anilines is 2. The lowest BCUT2D eigenvalue weighted by Gasteiger charge is -2.18. The Kier molecular flexibility index (Phi) is 4.75. The van der Waals surface area contributed by atoms with E-state index >= 15 is 0 Å². The normalized spacial score (nSPS) is 11.7. The maximum absolute atomic E-state index is 12.2. The minimum absolute atomic E-state index is 0.0241. The van der Waals surface area contributed by atoms with Crippen molar-refractivity contribution in [1.82, 2.24) is 9.97 Å². The van der Waals surface area contributed by atoms with Crippen LogP contribution in [0.3, 0.4) is 0 Å². The summed E-state index contributed by atoms with van der Waals surface area (Å²) in [6.45, 7) is 5.22. The highest BCUT2D eigenvalue weighted by Gasteiger charge is 2.28. The third kappa shape index (κ3) is 4.05. The lowest BCUT2D eigenvalue weighted by atomic mass is 10.0. The summed E-state index contributed by atoms with van der Waals surface area (Å²) >= 11 is 0. The van der Waals surface area contributed by atoms with E-state index in [0.717, 1.165) is 0 Å². The Labute approximate surface area is 104 Å². The van der Waals surface area contributed by atoms with Crippen molar-refractivity contribution in [1.29, 1.82) is 0 Å². The van der Waals surface area contributed by atoms with Gasteiger partial charge in [-0.25, -0.2) is 9.97 Å². The summed E-state index contributed by atoms with van der Waals surface area (Å²) < 4.78 is 36.6. The molecule has 0 aliphatic carbocycles. The highest BCUT2D eigenvalue weighted by molar-refractivity contribution is 5.59. The van der Waals surface area contributed by atoms with E-state index in [4.69, 9.17) is 0 Å². The van der Waals surface area contributed by atoms with Crippen LogP contribution in [-0.2, 0) is 0 Å². The Balaban J connectivity index is 2.99. The third-order valence-corrected chi connectivity index (χ3v) is 2.26.